The van der Waals surface area contributed by atoms with Crippen molar-refractivity contribution in [1.82, 2.24) is 19.6 Å². The molecule has 1 aromatic carbocycles. The van der Waals surface area contributed by atoms with Gasteiger partial charge in [0.1, 0.15) is 11.4 Å². The van der Waals surface area contributed by atoms with Crippen molar-refractivity contribution in [2.24, 2.45) is 0 Å². The van der Waals surface area contributed by atoms with E-state index in [1.165, 1.54) is 34.1 Å². The summed E-state index contributed by atoms with van der Waals surface area (Å²) in [5, 5.41) is 2.86. The summed E-state index contributed by atoms with van der Waals surface area (Å²) in [6.45, 7) is 4.80. The standard InChI is InChI=1S/C20H21FN4O3S/c1-13-12-25-19(27)16(10-23-20(25)29-13)18(26)22-11-17(24-6-8-28-9-7-24)14-2-4-15(21)5-3-14/h2-5,10,12,17H,6-9,11H2,1H3,(H,22,26). The first-order chi connectivity index (χ1) is 14.0. The first-order valence-corrected chi connectivity index (χ1v) is 10.2. The number of halogens is 1. The predicted octanol–water partition coefficient (Wildman–Crippen LogP) is 2.01. The van der Waals surface area contributed by atoms with Crippen molar-refractivity contribution in [3.63, 3.8) is 0 Å². The van der Waals surface area contributed by atoms with Crippen LogP contribution in [0.15, 0.2) is 41.5 Å². The highest BCUT2D eigenvalue weighted by molar-refractivity contribution is 7.16. The lowest BCUT2D eigenvalue weighted by atomic mass is 10.0. The summed E-state index contributed by atoms with van der Waals surface area (Å²) in [5.74, 6) is -0.780. The zero-order valence-electron chi connectivity index (χ0n) is 15.9. The second-order valence-corrected chi connectivity index (χ2v) is 8.11. The molecular formula is C20H21FN4O3S. The number of thiazole rings is 1. The number of fused-ring (bicyclic) bond motifs is 1. The molecule has 0 radical (unpaired) electrons. The average Bonchev–Trinajstić information content (AvgIpc) is 3.12. The summed E-state index contributed by atoms with van der Waals surface area (Å²) >= 11 is 1.39. The Bertz CT molecular complexity index is 1070. The van der Waals surface area contributed by atoms with E-state index in [2.05, 4.69) is 15.2 Å². The highest BCUT2D eigenvalue weighted by atomic mass is 32.1. The molecule has 1 saturated heterocycles. The van der Waals surface area contributed by atoms with Gasteiger partial charge in [-0.1, -0.05) is 12.1 Å². The van der Waals surface area contributed by atoms with Gasteiger partial charge >= 0.3 is 0 Å². The number of aryl methyl sites for hydroxylation is 1. The lowest BCUT2D eigenvalue weighted by molar-refractivity contribution is 0.0162. The van der Waals surface area contributed by atoms with Crippen molar-refractivity contribution in [1.29, 1.82) is 0 Å². The molecule has 1 fully saturated rings. The molecule has 4 rings (SSSR count). The van der Waals surface area contributed by atoms with Gasteiger partial charge in [0.25, 0.3) is 11.5 Å². The van der Waals surface area contributed by atoms with Crippen LogP contribution in [0.3, 0.4) is 0 Å². The molecule has 1 N–H and O–H groups in total. The zero-order valence-corrected chi connectivity index (χ0v) is 16.7. The number of hydrogen-bond donors (Lipinski definition) is 1. The van der Waals surface area contributed by atoms with Crippen molar-refractivity contribution >= 4 is 22.2 Å². The van der Waals surface area contributed by atoms with Crippen molar-refractivity contribution in [2.75, 3.05) is 32.8 Å². The number of rotatable bonds is 5. The molecule has 1 atom stereocenters. The van der Waals surface area contributed by atoms with Gasteiger partial charge in [0.15, 0.2) is 4.96 Å². The normalized spacial score (nSPS) is 16.1. The molecule has 1 aliphatic heterocycles. The van der Waals surface area contributed by atoms with Crippen molar-refractivity contribution in [3.8, 4) is 0 Å². The van der Waals surface area contributed by atoms with E-state index in [-0.39, 0.29) is 29.5 Å². The van der Waals surface area contributed by atoms with Crippen LogP contribution in [0.1, 0.15) is 26.8 Å². The Morgan fingerprint density at radius 1 is 1.31 bits per heavy atom. The first kappa shape index (κ1) is 19.7. The number of carbonyl (C=O) groups excluding carboxylic acids is 1. The first-order valence-electron chi connectivity index (χ1n) is 9.36. The van der Waals surface area contributed by atoms with Gasteiger partial charge in [-0.15, -0.1) is 11.3 Å². The van der Waals surface area contributed by atoms with Gasteiger partial charge in [0.2, 0.25) is 0 Å². The SMILES string of the molecule is Cc1cn2c(=O)c(C(=O)NCC(c3ccc(F)cc3)N3CCOCC3)cnc2s1. The van der Waals surface area contributed by atoms with Crippen LogP contribution < -0.4 is 10.9 Å². The smallest absolute Gasteiger partial charge is 0.271 e. The average molecular weight is 416 g/mol. The zero-order chi connectivity index (χ0) is 20.4. The van der Waals surface area contributed by atoms with E-state index < -0.39 is 5.91 Å². The number of morpholine rings is 1. The topological polar surface area (TPSA) is 75.9 Å². The van der Waals surface area contributed by atoms with E-state index in [0.717, 1.165) is 10.4 Å². The van der Waals surface area contributed by atoms with Crippen molar-refractivity contribution < 1.29 is 13.9 Å². The number of nitrogens with zero attached hydrogens (tertiary/aromatic N) is 3. The van der Waals surface area contributed by atoms with Crippen LogP contribution in [-0.4, -0.2) is 53.0 Å². The van der Waals surface area contributed by atoms with Crippen LogP contribution in [0.4, 0.5) is 4.39 Å². The lowest BCUT2D eigenvalue weighted by Crippen LogP contribution is -2.44. The van der Waals surface area contributed by atoms with Gasteiger partial charge in [-0.25, -0.2) is 9.37 Å². The fourth-order valence-corrected chi connectivity index (χ4v) is 4.25. The molecule has 3 heterocycles. The van der Waals surface area contributed by atoms with Crippen LogP contribution in [0.2, 0.25) is 0 Å². The predicted molar refractivity (Wildman–Crippen MR) is 108 cm³/mol. The maximum Gasteiger partial charge on any atom is 0.271 e. The molecule has 3 aromatic rings. The minimum atomic E-state index is -0.471. The fourth-order valence-electron chi connectivity index (χ4n) is 3.47. The van der Waals surface area contributed by atoms with Crippen LogP contribution in [-0.2, 0) is 4.74 Å². The Balaban J connectivity index is 1.55. The Morgan fingerprint density at radius 2 is 2.03 bits per heavy atom. The van der Waals surface area contributed by atoms with Gasteiger partial charge in [0, 0.05) is 36.9 Å². The largest absolute Gasteiger partial charge is 0.379 e. The van der Waals surface area contributed by atoms with E-state index in [4.69, 9.17) is 4.74 Å². The molecule has 1 aliphatic rings. The Morgan fingerprint density at radius 3 is 2.76 bits per heavy atom. The Labute approximate surface area is 170 Å². The van der Waals surface area contributed by atoms with Gasteiger partial charge in [-0.05, 0) is 24.6 Å². The fraction of sp³-hybridized carbons (Fsp3) is 0.350. The quantitative estimate of drug-likeness (QED) is 0.689. The molecular weight excluding hydrogens is 395 g/mol. The van der Waals surface area contributed by atoms with Crippen LogP contribution >= 0.6 is 11.3 Å². The summed E-state index contributed by atoms with van der Waals surface area (Å²) in [6.07, 6.45) is 3.01. The number of ether oxygens (including phenoxy) is 1. The molecule has 2 aromatic heterocycles. The molecule has 0 bridgehead atoms. The molecule has 7 nitrogen and oxygen atoms in total. The Hall–Kier alpha value is -2.62. The van der Waals surface area contributed by atoms with Crippen molar-refractivity contribution in [2.45, 2.75) is 13.0 Å². The van der Waals surface area contributed by atoms with Crippen LogP contribution in [0, 0.1) is 12.7 Å². The highest BCUT2D eigenvalue weighted by Gasteiger charge is 2.24. The molecule has 9 heteroatoms. The van der Waals surface area contributed by atoms with E-state index in [0.29, 0.717) is 31.3 Å². The number of hydrogen-bond acceptors (Lipinski definition) is 6. The number of nitrogens with one attached hydrogen (secondary N) is 1. The highest BCUT2D eigenvalue weighted by Crippen LogP contribution is 2.22. The molecule has 0 saturated carbocycles. The minimum absolute atomic E-state index is 0.000124. The van der Waals surface area contributed by atoms with Gasteiger partial charge in [-0.3, -0.25) is 18.9 Å². The third kappa shape index (κ3) is 4.21. The third-order valence-electron chi connectivity index (χ3n) is 4.96. The van der Waals surface area contributed by atoms with E-state index in [9.17, 15) is 14.0 Å². The van der Waals surface area contributed by atoms with E-state index in [1.54, 1.807) is 18.3 Å². The summed E-state index contributed by atoms with van der Waals surface area (Å²) in [5.41, 5.74) is 0.508. The maximum absolute atomic E-state index is 13.4. The molecule has 1 unspecified atom stereocenters. The monoisotopic (exact) mass is 416 g/mol. The van der Waals surface area contributed by atoms with Crippen LogP contribution in [0.25, 0.3) is 4.96 Å². The van der Waals surface area contributed by atoms with Gasteiger partial charge < -0.3 is 10.1 Å². The molecule has 0 aliphatic carbocycles. The number of amides is 1. The molecule has 1 amide bonds. The molecule has 29 heavy (non-hydrogen) atoms. The summed E-state index contributed by atoms with van der Waals surface area (Å²) in [4.78, 5) is 33.3. The van der Waals surface area contributed by atoms with Gasteiger partial charge in [0.05, 0.1) is 19.3 Å². The third-order valence-corrected chi connectivity index (χ3v) is 5.88. The van der Waals surface area contributed by atoms with E-state index in [1.807, 2.05) is 6.92 Å². The second-order valence-electron chi connectivity index (χ2n) is 6.90. The lowest BCUT2D eigenvalue weighted by Gasteiger charge is -2.34. The minimum Gasteiger partial charge on any atom is -0.379 e. The maximum atomic E-state index is 13.4. The van der Waals surface area contributed by atoms with Gasteiger partial charge in [-0.2, -0.15) is 0 Å². The van der Waals surface area contributed by atoms with Crippen LogP contribution in [0.5, 0.6) is 0 Å². The number of aromatic nitrogens is 2. The number of carbonyl (C=O) groups is 1. The molecule has 152 valence electrons. The van der Waals surface area contributed by atoms with Crippen molar-refractivity contribution in [3.05, 3.63) is 68.8 Å². The summed E-state index contributed by atoms with van der Waals surface area (Å²) < 4.78 is 20.2. The second kappa shape index (κ2) is 8.40. The summed E-state index contributed by atoms with van der Waals surface area (Å²) in [7, 11) is 0. The molecule has 0 spiro atoms. The van der Waals surface area contributed by atoms with E-state index >= 15 is 0 Å². The Kier molecular flexibility index (Phi) is 5.70. The number of benzene rings is 1. The summed E-state index contributed by atoms with van der Waals surface area (Å²) in [6, 6.07) is 6.11.